The van der Waals surface area contributed by atoms with Gasteiger partial charge in [0, 0.05) is 0 Å². The summed E-state index contributed by atoms with van der Waals surface area (Å²) in [6, 6.07) is 9.15. The van der Waals surface area contributed by atoms with Gasteiger partial charge >= 0.3 is 151 Å². The smallest absolute Gasteiger partial charge is 1.00 e. The summed E-state index contributed by atoms with van der Waals surface area (Å²) < 4.78 is 3.74. The molecule has 2 aliphatic carbocycles. The maximum atomic E-state index is 2.64. The second kappa shape index (κ2) is 10.9. The minimum absolute atomic E-state index is 0. The molecule has 25 heavy (non-hydrogen) atoms. The van der Waals surface area contributed by atoms with Gasteiger partial charge in [0.15, 0.2) is 0 Å². The average molecular weight is 470 g/mol. The Morgan fingerprint density at radius 3 is 2.36 bits per heavy atom. The van der Waals surface area contributed by atoms with Crippen LogP contribution < -0.4 is 30.0 Å². The molecular weight excluding hydrogens is 442 g/mol. The Labute approximate surface area is 174 Å². The van der Waals surface area contributed by atoms with Gasteiger partial charge in [0.05, 0.1) is 0 Å². The molecule has 0 saturated carbocycles. The molecule has 0 radical (unpaired) electrons. The number of aryl methyl sites for hydroxylation is 1. The quantitative estimate of drug-likeness (QED) is 0.449. The molecule has 0 atom stereocenters. The van der Waals surface area contributed by atoms with E-state index in [0.29, 0.717) is 0 Å². The Bertz CT molecular complexity index is 716. The Morgan fingerprint density at radius 2 is 1.80 bits per heavy atom. The van der Waals surface area contributed by atoms with Crippen LogP contribution >= 0.6 is 0 Å². The monoisotopic (exact) mass is 467 g/mol. The number of hydrogen-bond donors (Lipinski definition) is 0. The molecule has 0 bridgehead atoms. The molecule has 0 N–H and O–H groups in total. The normalized spacial score (nSPS) is 16.0. The summed E-state index contributed by atoms with van der Waals surface area (Å²) in [6.45, 7) is 6.81. The molecule has 0 aromatic heterocycles. The molecule has 0 spiro atoms. The van der Waals surface area contributed by atoms with Gasteiger partial charge in [-0.1, -0.05) is 0 Å². The topological polar surface area (TPSA) is 0 Å². The minimum Gasteiger partial charge on any atom is -1.00 e. The van der Waals surface area contributed by atoms with Crippen LogP contribution in [-0.2, 0) is 20.9 Å². The maximum Gasteiger partial charge on any atom is -1.00 e. The second-order valence-corrected chi connectivity index (χ2v) is 20.0. The summed E-state index contributed by atoms with van der Waals surface area (Å²) in [5.41, 5.74) is 4.92. The number of rotatable bonds is 6. The first-order valence-electron chi connectivity index (χ1n) is 8.91. The molecule has 4 heteroatoms. The van der Waals surface area contributed by atoms with Crippen LogP contribution in [0.15, 0.2) is 66.3 Å². The van der Waals surface area contributed by atoms with E-state index in [0.717, 1.165) is 0 Å². The number of hydrogen-bond acceptors (Lipinski definition) is 0. The van der Waals surface area contributed by atoms with E-state index in [2.05, 4.69) is 69.3 Å². The van der Waals surface area contributed by atoms with E-state index in [1.807, 2.05) is 6.56 Å². The molecule has 1 aromatic carbocycles. The Hall–Kier alpha value is -0.140. The molecule has 0 fully saturated rings. The first-order valence-corrected chi connectivity index (χ1v) is 18.0. The Kier molecular flexibility index (Phi) is 9.96. The van der Waals surface area contributed by atoms with E-state index >= 15 is 0 Å². The zero-order valence-electron chi connectivity index (χ0n) is 15.4. The number of halogens is 2. The van der Waals surface area contributed by atoms with E-state index in [1.54, 1.807) is 16.3 Å². The Balaban J connectivity index is 0.00000156. The third-order valence-corrected chi connectivity index (χ3v) is 23.0. The van der Waals surface area contributed by atoms with Gasteiger partial charge in [0.2, 0.25) is 0 Å². The van der Waals surface area contributed by atoms with Gasteiger partial charge in [0.25, 0.3) is 0 Å². The van der Waals surface area contributed by atoms with E-state index in [1.165, 1.54) is 31.2 Å². The van der Waals surface area contributed by atoms with Crippen LogP contribution in [0.4, 0.5) is 0 Å². The molecule has 0 saturated heterocycles. The number of benzene rings is 1. The van der Waals surface area contributed by atoms with Crippen LogP contribution in [0.3, 0.4) is 0 Å². The molecule has 0 amide bonds. The summed E-state index contributed by atoms with van der Waals surface area (Å²) in [4.78, 5) is 0. The Morgan fingerprint density at radius 1 is 1.04 bits per heavy atom. The average Bonchev–Trinajstić information content (AvgIpc) is 3.23. The molecule has 0 unspecified atom stereocenters. The first-order chi connectivity index (χ1) is 11.2. The van der Waals surface area contributed by atoms with Crippen molar-refractivity contribution in [1.82, 2.24) is 0 Å². The van der Waals surface area contributed by atoms with Gasteiger partial charge in [-0.2, -0.15) is 0 Å². The third kappa shape index (κ3) is 5.42. The molecule has 2 aliphatic rings. The van der Waals surface area contributed by atoms with Crippen molar-refractivity contribution in [2.45, 2.75) is 46.5 Å². The van der Waals surface area contributed by atoms with Crippen molar-refractivity contribution in [3.8, 4) is 0 Å². The van der Waals surface area contributed by atoms with Crippen molar-refractivity contribution in [2.75, 3.05) is 0 Å². The zero-order valence-corrected chi connectivity index (χ0v) is 20.8. The van der Waals surface area contributed by atoms with Gasteiger partial charge in [0.1, 0.15) is 0 Å². The standard InChI is InChI=1S/C9H13.C7H9Si.C5H5.2ClH.Zr/c1-3-8-6-5-7-9(8)4-2;1-6-4-2-3-5-7(6)8;1-2-4-5-3-1;;;/h6H,3-4,7H2,1-2H3;2-5H,8H2,1H3;1-3H,4H2;2*1H;/q;;;;;+2/p-2. The van der Waals surface area contributed by atoms with E-state index in [-0.39, 0.29) is 31.5 Å². The van der Waals surface area contributed by atoms with Crippen molar-refractivity contribution < 1.29 is 45.7 Å². The summed E-state index contributed by atoms with van der Waals surface area (Å²) in [5, 5.41) is 1.72. The summed E-state index contributed by atoms with van der Waals surface area (Å²) in [6.07, 6.45) is 14.8. The predicted octanol–water partition coefficient (Wildman–Crippen LogP) is -1.42. The van der Waals surface area contributed by atoms with Crippen LogP contribution in [0.25, 0.3) is 0 Å². The molecule has 0 aliphatic heterocycles. The summed E-state index contributed by atoms with van der Waals surface area (Å²) >= 11 is -1.63. The van der Waals surface area contributed by atoms with Gasteiger partial charge in [-0.3, -0.25) is 0 Å². The fourth-order valence-electron chi connectivity index (χ4n) is 3.71. The summed E-state index contributed by atoms with van der Waals surface area (Å²) in [5.74, 6) is 0. The van der Waals surface area contributed by atoms with Gasteiger partial charge in [-0.25, -0.2) is 0 Å². The minimum atomic E-state index is -1.63. The van der Waals surface area contributed by atoms with Crippen LogP contribution in [0.1, 0.15) is 45.1 Å². The number of allylic oxidation sites excluding steroid dienone is 8. The predicted molar refractivity (Wildman–Crippen MR) is 102 cm³/mol. The van der Waals surface area contributed by atoms with Gasteiger partial charge in [-0.05, 0) is 0 Å². The van der Waals surface area contributed by atoms with Crippen molar-refractivity contribution in [3.05, 3.63) is 71.8 Å². The van der Waals surface area contributed by atoms with Crippen molar-refractivity contribution in [1.29, 1.82) is 0 Å². The second-order valence-electron chi connectivity index (χ2n) is 6.59. The molecule has 0 heterocycles. The molecule has 0 nitrogen and oxygen atoms in total. The molecule has 3 rings (SSSR count). The fraction of sp³-hybridized carbons (Fsp3) is 0.333. The van der Waals surface area contributed by atoms with Gasteiger partial charge < -0.3 is 24.8 Å². The summed E-state index contributed by atoms with van der Waals surface area (Å²) in [7, 11) is 0. The molecular formula is C21H27Cl2SiZr. The van der Waals surface area contributed by atoms with Gasteiger partial charge in [-0.15, -0.1) is 0 Å². The SMILES string of the molecule is CCC1=C(CC)C[C]([Zr+2]([SiH2]c2ccccc2C)[C]2=CC=CC2)=C1.[Cl-].[Cl-]. The largest absolute Gasteiger partial charge is 1.00 e. The van der Waals surface area contributed by atoms with Crippen LogP contribution in [0.5, 0.6) is 0 Å². The van der Waals surface area contributed by atoms with E-state index in [9.17, 15) is 0 Å². The van der Waals surface area contributed by atoms with E-state index < -0.39 is 20.9 Å². The van der Waals surface area contributed by atoms with Crippen molar-refractivity contribution >= 4 is 11.8 Å². The van der Waals surface area contributed by atoms with Crippen LogP contribution in [0.2, 0.25) is 0 Å². The fourth-order valence-corrected chi connectivity index (χ4v) is 21.7. The maximum absolute atomic E-state index is 2.64. The molecule has 133 valence electrons. The molecule has 1 aromatic rings. The third-order valence-electron chi connectivity index (χ3n) is 5.19. The van der Waals surface area contributed by atoms with Crippen LogP contribution in [-0.4, -0.2) is 6.65 Å². The van der Waals surface area contributed by atoms with E-state index in [4.69, 9.17) is 0 Å². The van der Waals surface area contributed by atoms with Crippen molar-refractivity contribution in [3.63, 3.8) is 0 Å². The zero-order chi connectivity index (χ0) is 16.2. The van der Waals surface area contributed by atoms with Crippen LogP contribution in [0, 0.1) is 6.92 Å². The first kappa shape index (κ1) is 22.9. The van der Waals surface area contributed by atoms with Crippen molar-refractivity contribution in [2.24, 2.45) is 0 Å².